The first-order valence-corrected chi connectivity index (χ1v) is 8.29. The maximum atomic E-state index is 13.1. The van der Waals surface area contributed by atoms with Crippen LogP contribution < -0.4 is 0 Å². The monoisotopic (exact) mass is 328 g/mol. The van der Waals surface area contributed by atoms with Gasteiger partial charge in [0.1, 0.15) is 17.2 Å². The molecule has 0 unspecified atom stereocenters. The highest BCUT2D eigenvalue weighted by Gasteiger charge is 2.18. The van der Waals surface area contributed by atoms with Crippen molar-refractivity contribution in [3.8, 4) is 21.8 Å². The molecule has 4 rings (SSSR count). The van der Waals surface area contributed by atoms with E-state index in [0.717, 1.165) is 27.4 Å². The molecule has 3 aromatic heterocycles. The van der Waals surface area contributed by atoms with E-state index in [-0.39, 0.29) is 5.82 Å². The molecule has 0 fully saturated rings. The maximum Gasteiger partial charge on any atom is 0.195 e. The van der Waals surface area contributed by atoms with Gasteiger partial charge in [0, 0.05) is 5.38 Å². The molecule has 0 saturated heterocycles. The Hall–Kier alpha value is -2.31. The Kier molecular flexibility index (Phi) is 3.13. The maximum absolute atomic E-state index is 13.1. The van der Waals surface area contributed by atoms with E-state index in [4.69, 9.17) is 0 Å². The first-order valence-electron chi connectivity index (χ1n) is 6.53. The second-order valence-electron chi connectivity index (χ2n) is 4.69. The topological polar surface area (TPSA) is 34.4 Å². The lowest BCUT2D eigenvalue weighted by atomic mass is 10.1. The first-order chi connectivity index (χ1) is 10.8. The van der Waals surface area contributed by atoms with Gasteiger partial charge in [-0.05, 0) is 41.3 Å². The molecule has 22 heavy (non-hydrogen) atoms. The highest BCUT2D eigenvalue weighted by atomic mass is 32.1. The van der Waals surface area contributed by atoms with Crippen molar-refractivity contribution < 1.29 is 9.18 Å². The zero-order valence-electron chi connectivity index (χ0n) is 11.2. The number of fused-ring (bicyclic) bond motifs is 1. The number of carbonyl (C=O) groups excluding carboxylic acids is 1. The van der Waals surface area contributed by atoms with Crippen LogP contribution in [0.25, 0.3) is 26.8 Å². The second-order valence-corrected chi connectivity index (χ2v) is 6.47. The van der Waals surface area contributed by atoms with Crippen molar-refractivity contribution in [2.24, 2.45) is 0 Å². The normalized spacial score (nSPS) is 11.1. The van der Waals surface area contributed by atoms with Crippen LogP contribution in [-0.4, -0.2) is 15.7 Å². The number of nitrogens with zero attached hydrogens (tertiary/aromatic N) is 2. The zero-order chi connectivity index (χ0) is 15.1. The number of imidazole rings is 1. The van der Waals surface area contributed by atoms with Crippen molar-refractivity contribution in [1.29, 1.82) is 0 Å². The molecular formula is C16H9FN2OS2. The standard InChI is InChI=1S/C16H9FN2OS2/c17-11-5-3-10(4-6-11)13-9-22-16-18-15(12(8-20)19(13)16)14-2-1-7-21-14/h1-9H. The first kappa shape index (κ1) is 13.4. The van der Waals surface area contributed by atoms with Crippen LogP contribution in [0.3, 0.4) is 0 Å². The molecule has 1 aromatic carbocycles. The Morgan fingerprint density at radius 2 is 1.95 bits per heavy atom. The molecule has 0 N–H and O–H groups in total. The molecule has 0 aliphatic carbocycles. The number of thiazole rings is 1. The van der Waals surface area contributed by atoms with E-state index in [1.54, 1.807) is 23.5 Å². The number of benzene rings is 1. The lowest BCUT2D eigenvalue weighted by molar-refractivity contribution is 0.111. The molecule has 6 heteroatoms. The van der Waals surface area contributed by atoms with Gasteiger partial charge in [-0.1, -0.05) is 6.07 Å². The third-order valence-electron chi connectivity index (χ3n) is 3.41. The van der Waals surface area contributed by atoms with Crippen molar-refractivity contribution in [3.05, 3.63) is 58.7 Å². The highest BCUT2D eigenvalue weighted by Crippen LogP contribution is 2.33. The molecule has 0 amide bonds. The van der Waals surface area contributed by atoms with Crippen LogP contribution in [0.5, 0.6) is 0 Å². The second kappa shape index (κ2) is 5.15. The van der Waals surface area contributed by atoms with Crippen LogP contribution in [0.15, 0.2) is 47.2 Å². The SMILES string of the molecule is O=Cc1c(-c2cccs2)nc2scc(-c3ccc(F)cc3)n12. The third-order valence-corrected chi connectivity index (χ3v) is 5.11. The minimum absolute atomic E-state index is 0.282. The van der Waals surface area contributed by atoms with Gasteiger partial charge in [0.05, 0.1) is 10.6 Å². The Morgan fingerprint density at radius 3 is 2.64 bits per heavy atom. The van der Waals surface area contributed by atoms with Crippen molar-refractivity contribution in [3.63, 3.8) is 0 Å². The molecule has 3 heterocycles. The van der Waals surface area contributed by atoms with Crippen molar-refractivity contribution in [2.75, 3.05) is 0 Å². The number of thiophene rings is 1. The summed E-state index contributed by atoms with van der Waals surface area (Å²) in [4.78, 5) is 17.9. The molecule has 3 nitrogen and oxygen atoms in total. The summed E-state index contributed by atoms with van der Waals surface area (Å²) < 4.78 is 14.9. The largest absolute Gasteiger partial charge is 0.296 e. The number of carbonyl (C=O) groups is 1. The van der Waals surface area contributed by atoms with Gasteiger partial charge in [-0.25, -0.2) is 9.37 Å². The lowest BCUT2D eigenvalue weighted by Gasteiger charge is -2.02. The van der Waals surface area contributed by atoms with Crippen LogP contribution in [0.4, 0.5) is 4.39 Å². The van der Waals surface area contributed by atoms with Gasteiger partial charge in [-0.2, -0.15) is 0 Å². The van der Waals surface area contributed by atoms with E-state index >= 15 is 0 Å². The lowest BCUT2D eigenvalue weighted by Crippen LogP contribution is -1.93. The molecule has 0 atom stereocenters. The molecular weight excluding hydrogens is 319 g/mol. The summed E-state index contributed by atoms with van der Waals surface area (Å²) in [6.07, 6.45) is 0.828. The van der Waals surface area contributed by atoms with Crippen molar-refractivity contribution in [2.45, 2.75) is 0 Å². The van der Waals surface area contributed by atoms with Gasteiger partial charge in [0.25, 0.3) is 0 Å². The van der Waals surface area contributed by atoms with Crippen LogP contribution in [-0.2, 0) is 0 Å². The number of hydrogen-bond donors (Lipinski definition) is 0. The molecule has 108 valence electrons. The minimum Gasteiger partial charge on any atom is -0.296 e. The average molecular weight is 328 g/mol. The van der Waals surface area contributed by atoms with Gasteiger partial charge >= 0.3 is 0 Å². The number of halogens is 1. The predicted molar refractivity (Wildman–Crippen MR) is 87.2 cm³/mol. The third kappa shape index (κ3) is 2.00. The average Bonchev–Trinajstić information content (AvgIpc) is 3.23. The van der Waals surface area contributed by atoms with E-state index in [9.17, 15) is 9.18 Å². The van der Waals surface area contributed by atoms with E-state index in [0.29, 0.717) is 11.4 Å². The Morgan fingerprint density at radius 1 is 1.14 bits per heavy atom. The van der Waals surface area contributed by atoms with E-state index in [2.05, 4.69) is 4.98 Å². The fourth-order valence-corrected chi connectivity index (χ4v) is 4.03. The Bertz CT molecular complexity index is 952. The fraction of sp³-hybridized carbons (Fsp3) is 0. The molecule has 0 saturated carbocycles. The summed E-state index contributed by atoms with van der Waals surface area (Å²) in [6.45, 7) is 0. The van der Waals surface area contributed by atoms with Gasteiger partial charge < -0.3 is 0 Å². The molecule has 0 bridgehead atoms. The van der Waals surface area contributed by atoms with Gasteiger partial charge in [-0.15, -0.1) is 22.7 Å². The summed E-state index contributed by atoms with van der Waals surface area (Å²) >= 11 is 3.01. The van der Waals surface area contributed by atoms with Crippen LogP contribution in [0, 0.1) is 5.82 Å². The highest BCUT2D eigenvalue weighted by molar-refractivity contribution is 7.15. The van der Waals surface area contributed by atoms with E-state index < -0.39 is 0 Å². The number of aldehydes is 1. The van der Waals surface area contributed by atoms with Crippen molar-refractivity contribution in [1.82, 2.24) is 9.38 Å². The van der Waals surface area contributed by atoms with Crippen molar-refractivity contribution >= 4 is 33.9 Å². The number of hydrogen-bond acceptors (Lipinski definition) is 4. The smallest absolute Gasteiger partial charge is 0.195 e. The van der Waals surface area contributed by atoms with E-state index in [1.807, 2.05) is 27.3 Å². The van der Waals surface area contributed by atoms with Crippen LogP contribution >= 0.6 is 22.7 Å². The van der Waals surface area contributed by atoms with Crippen LogP contribution in [0.1, 0.15) is 10.5 Å². The zero-order valence-corrected chi connectivity index (χ0v) is 12.8. The van der Waals surface area contributed by atoms with Gasteiger partial charge in [0.2, 0.25) is 0 Å². The molecule has 0 spiro atoms. The summed E-state index contributed by atoms with van der Waals surface area (Å²) in [7, 11) is 0. The summed E-state index contributed by atoms with van der Waals surface area (Å²) in [5.74, 6) is -0.282. The fourth-order valence-electron chi connectivity index (χ4n) is 2.41. The molecule has 0 aliphatic rings. The van der Waals surface area contributed by atoms with Crippen LogP contribution in [0.2, 0.25) is 0 Å². The van der Waals surface area contributed by atoms with E-state index in [1.165, 1.54) is 23.5 Å². The Balaban J connectivity index is 1.98. The summed E-state index contributed by atoms with van der Waals surface area (Å²) in [5.41, 5.74) is 2.92. The predicted octanol–water partition coefficient (Wildman–Crippen LogP) is 4.74. The molecule has 0 aliphatic heterocycles. The molecule has 4 aromatic rings. The minimum atomic E-state index is -0.282. The summed E-state index contributed by atoms with van der Waals surface area (Å²) in [6, 6.07) is 10.1. The Labute approximate surface area is 133 Å². The number of rotatable bonds is 3. The number of aromatic nitrogens is 2. The van der Waals surface area contributed by atoms with Gasteiger partial charge in [0.15, 0.2) is 11.2 Å². The quantitative estimate of drug-likeness (QED) is 0.509. The summed E-state index contributed by atoms with van der Waals surface area (Å²) in [5, 5.41) is 3.89. The van der Waals surface area contributed by atoms with Gasteiger partial charge in [-0.3, -0.25) is 9.20 Å². The molecule has 0 radical (unpaired) electrons.